The van der Waals surface area contributed by atoms with E-state index < -0.39 is 30.2 Å². The van der Waals surface area contributed by atoms with E-state index in [0.717, 1.165) is 28.1 Å². The van der Waals surface area contributed by atoms with Crippen LogP contribution in [0.4, 0.5) is 0 Å². The van der Waals surface area contributed by atoms with E-state index in [-0.39, 0.29) is 67.0 Å². The van der Waals surface area contributed by atoms with Gasteiger partial charge in [-0.1, -0.05) is 17.7 Å². The highest BCUT2D eigenvalue weighted by atomic mass is 16.6. The summed E-state index contributed by atoms with van der Waals surface area (Å²) >= 11 is 0. The second-order valence-electron chi connectivity index (χ2n) is 13.5. The molecule has 7 rings (SSSR count). The minimum atomic E-state index is -1.17. The van der Waals surface area contributed by atoms with Crippen LogP contribution in [-0.4, -0.2) is 71.4 Å². The molecule has 2 fully saturated rings. The van der Waals surface area contributed by atoms with E-state index in [4.69, 9.17) is 18.9 Å². The first-order chi connectivity index (χ1) is 23.7. The first kappa shape index (κ1) is 33.2. The van der Waals surface area contributed by atoms with Crippen molar-refractivity contribution in [1.29, 1.82) is 0 Å². The van der Waals surface area contributed by atoms with E-state index in [1.807, 2.05) is 24.3 Å². The Kier molecular flexibility index (Phi) is 8.93. The predicted octanol–water partition coefficient (Wildman–Crippen LogP) is 2.83. The molecule has 5 aliphatic rings. The number of rotatable bonds is 9. The maximum absolute atomic E-state index is 13.5. The number of Topliss-reactive ketones (excluding diaryl/α,β-unsaturated/α-hetero) is 1. The Hall–Kier alpha value is -4.32. The molecule has 0 radical (unpaired) electrons. The molecular formula is C38H41NO10. The Morgan fingerprint density at radius 2 is 2.04 bits per heavy atom. The molecule has 3 N–H and O–H groups in total. The Balaban J connectivity index is 1.49. The van der Waals surface area contributed by atoms with Crippen LogP contribution in [-0.2, 0) is 25.7 Å². The van der Waals surface area contributed by atoms with E-state index in [0.29, 0.717) is 66.7 Å². The van der Waals surface area contributed by atoms with Crippen LogP contribution in [0.1, 0.15) is 92.9 Å². The Morgan fingerprint density at radius 3 is 2.80 bits per heavy atom. The number of aliphatic hydroxyl groups is 3. The van der Waals surface area contributed by atoms with Crippen molar-refractivity contribution in [3.8, 4) is 17.2 Å². The number of hydrogen-bond acceptors (Lipinski definition) is 11. The summed E-state index contributed by atoms with van der Waals surface area (Å²) in [5.74, 6) is -1.15. The lowest BCUT2D eigenvalue weighted by atomic mass is 9.72. The van der Waals surface area contributed by atoms with Crippen molar-refractivity contribution in [1.82, 2.24) is 0 Å². The summed E-state index contributed by atoms with van der Waals surface area (Å²) in [5, 5.41) is 33.9. The summed E-state index contributed by atoms with van der Waals surface area (Å²) in [7, 11) is 0. The van der Waals surface area contributed by atoms with Crippen LogP contribution in [0.15, 0.2) is 40.1 Å². The third-order valence-electron chi connectivity index (χ3n) is 10.4. The van der Waals surface area contributed by atoms with Gasteiger partial charge in [0.2, 0.25) is 5.76 Å². The minimum absolute atomic E-state index is 0.0305. The van der Waals surface area contributed by atoms with Crippen molar-refractivity contribution >= 4 is 29.7 Å². The van der Waals surface area contributed by atoms with E-state index in [9.17, 15) is 29.7 Å². The molecule has 0 spiro atoms. The van der Waals surface area contributed by atoms with Gasteiger partial charge in [0.1, 0.15) is 29.1 Å². The quantitative estimate of drug-likeness (QED) is 0.206. The van der Waals surface area contributed by atoms with Crippen LogP contribution in [0.3, 0.4) is 0 Å². The number of carbonyl (C=O) groups is 3. The largest absolute Gasteiger partial charge is 0.492 e. The topological polar surface area (TPSA) is 161 Å². The highest BCUT2D eigenvalue weighted by Crippen LogP contribution is 2.61. The van der Waals surface area contributed by atoms with Crippen molar-refractivity contribution in [3.05, 3.63) is 67.9 Å². The molecule has 2 saturated carbocycles. The lowest BCUT2D eigenvalue weighted by molar-refractivity contribution is -0.141. The molecule has 2 aliphatic carbocycles. The van der Waals surface area contributed by atoms with E-state index in [2.05, 4.69) is 4.99 Å². The monoisotopic (exact) mass is 671 g/mol. The predicted molar refractivity (Wildman–Crippen MR) is 177 cm³/mol. The van der Waals surface area contributed by atoms with Gasteiger partial charge in [-0.2, -0.15) is 0 Å². The minimum Gasteiger partial charge on any atom is -0.492 e. The molecule has 2 aromatic rings. The number of aldehydes is 1. The number of carbonyl (C=O) groups excluding carboxylic acids is 3. The number of ketones is 1. The van der Waals surface area contributed by atoms with E-state index >= 15 is 0 Å². The standard InChI is InChI=1S/C38H41NO10/c1-3-46-37(44)34-25(18-41)29(22-8-10-28(43)24(17-22)20-7-9-27-21(16-20)11-13-39-27)31-33(48-34)26(19-42)32-30(35(31)47-15-5-14-40)23-6-4-12-38(2,45)36(23)49-32/h7,9,11,16,18,23-24,36,40,42,45H,3-6,8,10,12-15,17,19H2,1-2H3/b29-22-/t23-,24+,36-,38+/m0/s1. The van der Waals surface area contributed by atoms with Crippen LogP contribution in [0.25, 0.3) is 11.6 Å². The number of aliphatic hydroxyl groups excluding tert-OH is 2. The zero-order chi connectivity index (χ0) is 34.4. The normalized spacial score (nSPS) is 26.7. The van der Waals surface area contributed by atoms with Crippen molar-refractivity contribution in [2.45, 2.75) is 88.9 Å². The van der Waals surface area contributed by atoms with Gasteiger partial charge >= 0.3 is 5.97 Å². The molecule has 2 aromatic carbocycles. The summed E-state index contributed by atoms with van der Waals surface area (Å²) in [5.41, 5.74) is 2.10. The molecular weight excluding hydrogens is 630 g/mol. The number of hydrogen-bond donors (Lipinski definition) is 3. The Morgan fingerprint density at radius 1 is 1.20 bits per heavy atom. The summed E-state index contributed by atoms with van der Waals surface area (Å²) in [6.07, 6.45) is 5.01. The molecule has 11 nitrogen and oxygen atoms in total. The Bertz CT molecular complexity index is 1920. The average molecular weight is 672 g/mol. The van der Waals surface area contributed by atoms with Crippen LogP contribution >= 0.6 is 0 Å². The maximum atomic E-state index is 13.5. The highest BCUT2D eigenvalue weighted by Gasteiger charge is 2.52. The number of nitrogens with zero attached hydrogens (tertiary/aromatic N) is 1. The van der Waals surface area contributed by atoms with Gasteiger partial charge in [0, 0.05) is 42.4 Å². The second kappa shape index (κ2) is 13.2. The number of ether oxygens (including phenoxy) is 4. The number of fused-ring (bicyclic) bond motifs is 5. The molecule has 3 heterocycles. The molecule has 49 heavy (non-hydrogen) atoms. The number of benzene rings is 2. The average Bonchev–Trinajstić information content (AvgIpc) is 3.73. The van der Waals surface area contributed by atoms with E-state index in [1.54, 1.807) is 13.8 Å². The van der Waals surface area contributed by atoms with Gasteiger partial charge in [-0.05, 0) is 68.9 Å². The fraction of sp³-hybridized carbons (Fsp3) is 0.474. The fourth-order valence-corrected chi connectivity index (χ4v) is 8.15. The molecule has 4 atom stereocenters. The molecule has 0 saturated heterocycles. The first-order valence-electron chi connectivity index (χ1n) is 17.1. The van der Waals surface area contributed by atoms with Crippen LogP contribution in [0, 0.1) is 0 Å². The van der Waals surface area contributed by atoms with Gasteiger partial charge in [0.25, 0.3) is 0 Å². The van der Waals surface area contributed by atoms with Crippen molar-refractivity contribution < 1.29 is 48.7 Å². The van der Waals surface area contributed by atoms with Crippen molar-refractivity contribution in [2.24, 2.45) is 4.99 Å². The van der Waals surface area contributed by atoms with Crippen LogP contribution in [0.2, 0.25) is 0 Å². The lowest BCUT2D eigenvalue weighted by Crippen LogP contribution is -2.47. The van der Waals surface area contributed by atoms with Gasteiger partial charge in [-0.25, -0.2) is 4.79 Å². The van der Waals surface area contributed by atoms with E-state index in [1.165, 1.54) is 0 Å². The first-order valence-corrected chi connectivity index (χ1v) is 17.1. The lowest BCUT2D eigenvalue weighted by Gasteiger charge is -2.38. The third kappa shape index (κ3) is 5.57. The zero-order valence-electron chi connectivity index (χ0n) is 27.8. The van der Waals surface area contributed by atoms with Crippen LogP contribution in [0.5, 0.6) is 17.2 Å². The molecule has 0 unspecified atom stereocenters. The van der Waals surface area contributed by atoms with Gasteiger partial charge in [0.05, 0.1) is 54.0 Å². The number of esters is 1. The molecule has 258 valence electrons. The van der Waals surface area contributed by atoms with Gasteiger partial charge in [-0.15, -0.1) is 0 Å². The highest BCUT2D eigenvalue weighted by molar-refractivity contribution is 6.11. The van der Waals surface area contributed by atoms with Gasteiger partial charge in [-0.3, -0.25) is 14.6 Å². The van der Waals surface area contributed by atoms with Gasteiger partial charge in [0.15, 0.2) is 6.29 Å². The molecule has 0 bridgehead atoms. The summed E-state index contributed by atoms with van der Waals surface area (Å²) in [6, 6.07) is 5.83. The maximum Gasteiger partial charge on any atom is 0.375 e. The smallest absolute Gasteiger partial charge is 0.375 e. The third-order valence-corrected chi connectivity index (χ3v) is 10.4. The second-order valence-corrected chi connectivity index (χ2v) is 13.5. The number of allylic oxidation sites excluding steroid dienone is 3. The summed E-state index contributed by atoms with van der Waals surface area (Å²) in [6.45, 7) is 3.47. The van der Waals surface area contributed by atoms with Gasteiger partial charge < -0.3 is 34.3 Å². The molecule has 0 amide bonds. The molecule has 11 heteroatoms. The molecule has 0 aromatic heterocycles. The molecule has 3 aliphatic heterocycles. The SMILES string of the molecule is CCOC(=O)C1=C(C=O)/C(=C2\CCC(=O)[C@@H](c3ccc4c(c3)=CCN=4)C2)c2c(c(CO)c3c(c2OCCCO)[C@@H]2CCC[C@@](C)(O)[C@H]2O3)O1. The fourth-order valence-electron chi connectivity index (χ4n) is 8.15. The Labute approximate surface area is 283 Å². The van der Waals surface area contributed by atoms with Crippen molar-refractivity contribution in [2.75, 3.05) is 26.4 Å². The van der Waals surface area contributed by atoms with Crippen LogP contribution < -0.4 is 24.8 Å². The zero-order valence-corrected chi connectivity index (χ0v) is 27.8. The summed E-state index contributed by atoms with van der Waals surface area (Å²) < 4.78 is 24.6. The van der Waals surface area contributed by atoms with Crippen molar-refractivity contribution in [3.63, 3.8) is 0 Å². The summed E-state index contributed by atoms with van der Waals surface area (Å²) in [4.78, 5) is 44.6.